The SMILES string of the molecule is CN1CCC(CNC(=O)C(=O)NCc2cccs2)CC1. The van der Waals surface area contributed by atoms with Crippen LogP contribution in [0.5, 0.6) is 0 Å². The quantitative estimate of drug-likeness (QED) is 0.809. The smallest absolute Gasteiger partial charge is 0.309 e. The highest BCUT2D eigenvalue weighted by atomic mass is 32.1. The zero-order valence-electron chi connectivity index (χ0n) is 11.7. The number of carbonyl (C=O) groups excluding carboxylic acids is 2. The van der Waals surface area contributed by atoms with Crippen LogP contribution in [0.4, 0.5) is 0 Å². The summed E-state index contributed by atoms with van der Waals surface area (Å²) in [7, 11) is 2.10. The second-order valence-corrected chi connectivity index (χ2v) is 6.25. The summed E-state index contributed by atoms with van der Waals surface area (Å²) in [5.41, 5.74) is 0. The fraction of sp³-hybridized carbons (Fsp3) is 0.571. The Morgan fingerprint density at radius 2 is 2.00 bits per heavy atom. The van der Waals surface area contributed by atoms with E-state index < -0.39 is 11.8 Å². The second-order valence-electron chi connectivity index (χ2n) is 5.22. The number of hydrogen-bond donors (Lipinski definition) is 2. The zero-order valence-corrected chi connectivity index (χ0v) is 12.5. The molecule has 0 bridgehead atoms. The Balaban J connectivity index is 1.65. The van der Waals surface area contributed by atoms with E-state index in [4.69, 9.17) is 0 Å². The van der Waals surface area contributed by atoms with Gasteiger partial charge in [0, 0.05) is 11.4 Å². The average molecular weight is 295 g/mol. The van der Waals surface area contributed by atoms with Gasteiger partial charge in [0.05, 0.1) is 6.54 Å². The highest BCUT2D eigenvalue weighted by Crippen LogP contribution is 2.14. The van der Waals surface area contributed by atoms with Crippen molar-refractivity contribution >= 4 is 23.2 Å². The summed E-state index contributed by atoms with van der Waals surface area (Å²) >= 11 is 1.56. The zero-order chi connectivity index (χ0) is 14.4. The van der Waals surface area contributed by atoms with Gasteiger partial charge in [-0.2, -0.15) is 0 Å². The normalized spacial score (nSPS) is 16.9. The van der Waals surface area contributed by atoms with Gasteiger partial charge in [-0.3, -0.25) is 9.59 Å². The minimum atomic E-state index is -0.550. The van der Waals surface area contributed by atoms with Crippen LogP contribution in [0.3, 0.4) is 0 Å². The summed E-state index contributed by atoms with van der Waals surface area (Å²) in [6, 6.07) is 3.85. The molecule has 1 aromatic rings. The number of hydrogen-bond acceptors (Lipinski definition) is 4. The number of likely N-dealkylation sites (tertiary alicyclic amines) is 1. The van der Waals surface area contributed by atoms with E-state index in [1.807, 2.05) is 17.5 Å². The molecule has 0 aliphatic carbocycles. The third kappa shape index (κ3) is 4.61. The third-order valence-corrected chi connectivity index (χ3v) is 4.48. The summed E-state index contributed by atoms with van der Waals surface area (Å²) in [5.74, 6) is -0.591. The molecule has 0 saturated carbocycles. The lowest BCUT2D eigenvalue weighted by molar-refractivity contribution is -0.139. The number of piperidine rings is 1. The molecule has 1 saturated heterocycles. The number of thiophene rings is 1. The Bertz CT molecular complexity index is 439. The van der Waals surface area contributed by atoms with E-state index in [-0.39, 0.29) is 0 Å². The summed E-state index contributed by atoms with van der Waals surface area (Å²) in [6.07, 6.45) is 2.15. The van der Waals surface area contributed by atoms with E-state index in [0.29, 0.717) is 19.0 Å². The van der Waals surface area contributed by atoms with Crippen molar-refractivity contribution in [1.82, 2.24) is 15.5 Å². The highest BCUT2D eigenvalue weighted by Gasteiger charge is 2.19. The van der Waals surface area contributed by atoms with Gasteiger partial charge in [0.1, 0.15) is 0 Å². The van der Waals surface area contributed by atoms with Gasteiger partial charge in [-0.1, -0.05) is 6.07 Å². The lowest BCUT2D eigenvalue weighted by Gasteiger charge is -2.28. The molecule has 2 amide bonds. The first-order valence-electron chi connectivity index (χ1n) is 6.92. The largest absolute Gasteiger partial charge is 0.348 e. The van der Waals surface area contributed by atoms with Crippen molar-refractivity contribution in [2.45, 2.75) is 19.4 Å². The molecule has 1 aromatic heterocycles. The predicted octanol–water partition coefficient (Wildman–Crippen LogP) is 0.822. The molecule has 2 heterocycles. The van der Waals surface area contributed by atoms with Gasteiger partial charge in [0.25, 0.3) is 0 Å². The van der Waals surface area contributed by atoms with Crippen molar-refractivity contribution in [2.75, 3.05) is 26.7 Å². The maximum absolute atomic E-state index is 11.7. The van der Waals surface area contributed by atoms with Crippen molar-refractivity contribution in [3.63, 3.8) is 0 Å². The van der Waals surface area contributed by atoms with E-state index in [2.05, 4.69) is 22.6 Å². The number of nitrogens with zero attached hydrogens (tertiary/aromatic N) is 1. The van der Waals surface area contributed by atoms with E-state index in [1.54, 1.807) is 11.3 Å². The fourth-order valence-corrected chi connectivity index (χ4v) is 2.89. The molecule has 0 aromatic carbocycles. The van der Waals surface area contributed by atoms with Gasteiger partial charge < -0.3 is 15.5 Å². The summed E-state index contributed by atoms with van der Waals surface area (Å²) in [5, 5.41) is 7.31. The van der Waals surface area contributed by atoms with E-state index in [0.717, 1.165) is 30.8 Å². The number of amides is 2. The van der Waals surface area contributed by atoms with Crippen LogP contribution in [-0.2, 0) is 16.1 Å². The van der Waals surface area contributed by atoms with Gasteiger partial charge in [0.2, 0.25) is 0 Å². The Morgan fingerprint density at radius 1 is 1.30 bits per heavy atom. The first-order valence-corrected chi connectivity index (χ1v) is 7.80. The molecule has 5 nitrogen and oxygen atoms in total. The van der Waals surface area contributed by atoms with Gasteiger partial charge in [-0.05, 0) is 50.3 Å². The molecule has 20 heavy (non-hydrogen) atoms. The molecule has 0 radical (unpaired) electrons. The summed E-state index contributed by atoms with van der Waals surface area (Å²) < 4.78 is 0. The molecule has 1 aliphatic rings. The van der Waals surface area contributed by atoms with Gasteiger partial charge >= 0.3 is 11.8 Å². The highest BCUT2D eigenvalue weighted by molar-refractivity contribution is 7.09. The monoisotopic (exact) mass is 295 g/mol. The topological polar surface area (TPSA) is 61.4 Å². The van der Waals surface area contributed by atoms with Gasteiger partial charge in [0.15, 0.2) is 0 Å². The van der Waals surface area contributed by atoms with Crippen LogP contribution >= 0.6 is 11.3 Å². The van der Waals surface area contributed by atoms with Crippen LogP contribution in [-0.4, -0.2) is 43.4 Å². The Hall–Kier alpha value is -1.40. The minimum Gasteiger partial charge on any atom is -0.348 e. The van der Waals surface area contributed by atoms with Crippen molar-refractivity contribution in [3.8, 4) is 0 Å². The van der Waals surface area contributed by atoms with Crippen molar-refractivity contribution < 1.29 is 9.59 Å². The number of nitrogens with one attached hydrogen (secondary N) is 2. The second kappa shape index (κ2) is 7.40. The molecule has 6 heteroatoms. The van der Waals surface area contributed by atoms with E-state index in [9.17, 15) is 9.59 Å². The van der Waals surface area contributed by atoms with Crippen molar-refractivity contribution in [1.29, 1.82) is 0 Å². The molecule has 0 spiro atoms. The summed E-state index contributed by atoms with van der Waals surface area (Å²) in [6.45, 7) is 3.13. The number of rotatable bonds is 4. The average Bonchev–Trinajstić information content (AvgIpc) is 2.97. The van der Waals surface area contributed by atoms with Gasteiger partial charge in [-0.15, -0.1) is 11.3 Å². The third-order valence-electron chi connectivity index (χ3n) is 3.60. The molecule has 0 unspecified atom stereocenters. The maximum Gasteiger partial charge on any atom is 0.309 e. The van der Waals surface area contributed by atoms with E-state index >= 15 is 0 Å². The first kappa shape index (κ1) is 15.0. The summed E-state index contributed by atoms with van der Waals surface area (Å²) in [4.78, 5) is 26.6. The van der Waals surface area contributed by atoms with E-state index in [1.165, 1.54) is 0 Å². The molecular weight excluding hydrogens is 274 g/mol. The molecule has 2 N–H and O–H groups in total. The first-order chi connectivity index (χ1) is 9.65. The Kier molecular flexibility index (Phi) is 5.55. The minimum absolute atomic E-state index is 0.415. The molecule has 0 atom stereocenters. The fourth-order valence-electron chi connectivity index (χ4n) is 2.24. The lowest BCUT2D eigenvalue weighted by Crippen LogP contribution is -2.43. The number of carbonyl (C=O) groups is 2. The van der Waals surface area contributed by atoms with Crippen molar-refractivity contribution in [3.05, 3.63) is 22.4 Å². The Labute approximate surface area is 123 Å². The standard InChI is InChI=1S/C14H21N3O2S/c1-17-6-4-11(5-7-17)9-15-13(18)14(19)16-10-12-3-2-8-20-12/h2-3,8,11H,4-7,9-10H2,1H3,(H,15,18)(H,16,19). The van der Waals surface area contributed by atoms with Gasteiger partial charge in [-0.25, -0.2) is 0 Å². The van der Waals surface area contributed by atoms with Crippen LogP contribution in [0.25, 0.3) is 0 Å². The lowest BCUT2D eigenvalue weighted by atomic mass is 9.97. The van der Waals surface area contributed by atoms with Crippen LogP contribution in [0.15, 0.2) is 17.5 Å². The molecular formula is C14H21N3O2S. The molecule has 110 valence electrons. The molecule has 1 aliphatic heterocycles. The van der Waals surface area contributed by atoms with Crippen LogP contribution < -0.4 is 10.6 Å². The molecule has 1 fully saturated rings. The van der Waals surface area contributed by atoms with Crippen molar-refractivity contribution in [2.24, 2.45) is 5.92 Å². The molecule has 2 rings (SSSR count). The Morgan fingerprint density at radius 3 is 2.65 bits per heavy atom. The predicted molar refractivity (Wildman–Crippen MR) is 79.4 cm³/mol. The van der Waals surface area contributed by atoms with Crippen LogP contribution in [0, 0.1) is 5.92 Å². The maximum atomic E-state index is 11.7. The van der Waals surface area contributed by atoms with Crippen LogP contribution in [0.1, 0.15) is 17.7 Å². The van der Waals surface area contributed by atoms with Crippen LogP contribution in [0.2, 0.25) is 0 Å².